The van der Waals surface area contributed by atoms with Crippen LogP contribution in [0.25, 0.3) is 11.1 Å². The maximum absolute atomic E-state index is 14.0. The number of hydrogen-bond donors (Lipinski definition) is 4. The zero-order valence-electron chi connectivity index (χ0n) is 25.2. The van der Waals surface area contributed by atoms with E-state index in [0.717, 1.165) is 33.9 Å². The molecule has 3 fully saturated rings. The van der Waals surface area contributed by atoms with Crippen molar-refractivity contribution in [2.45, 2.75) is 35.0 Å². The van der Waals surface area contributed by atoms with Gasteiger partial charge in [-0.05, 0) is 109 Å². The summed E-state index contributed by atoms with van der Waals surface area (Å²) in [5.74, 6) is -10.7. The first-order chi connectivity index (χ1) is 22.2. The molecule has 4 aromatic rings. The molecule has 4 aromatic carbocycles. The third-order valence-electron chi connectivity index (χ3n) is 8.03. The Hall–Kier alpha value is -5.43. The molecule has 7 rings (SSSR count). The molecule has 1 aliphatic carbocycles. The molecule has 3 aliphatic rings. The molecule has 0 aromatic heterocycles. The van der Waals surface area contributed by atoms with Gasteiger partial charge in [0.25, 0.3) is 0 Å². The number of carbonyl (C=O) groups is 4. The highest BCUT2D eigenvalue weighted by Gasteiger charge is 2.92. The van der Waals surface area contributed by atoms with Gasteiger partial charge in [0.1, 0.15) is 11.8 Å². The number of carbonyl (C=O) groups excluding carboxylic acids is 4. The van der Waals surface area contributed by atoms with Gasteiger partial charge < -0.3 is 32.4 Å². The fourth-order valence-corrected chi connectivity index (χ4v) is 6.20. The number of fused-ring (bicyclic) bond motifs is 4. The summed E-state index contributed by atoms with van der Waals surface area (Å²) in [7, 11) is 0. The Bertz CT molecular complexity index is 1760. The smallest absolute Gasteiger partial charge is 0.353 e. The number of aryl methyl sites for hydroxylation is 2. The lowest BCUT2D eigenvalue weighted by molar-refractivity contribution is -0.195. The third-order valence-corrected chi connectivity index (χ3v) is 9.05. The molecular weight excluding hydrogens is 630 g/mol. The SMILES string of the molecule is Cc1cc(-c2ccc(N)c(C)c2)ccc1N.Nc1ccc(Sc2ccc(N)cc2)cc1.O=C1OC(=O)C2(F)C1C1(F)C(=O)OC(=O)C21. The van der Waals surface area contributed by atoms with Gasteiger partial charge in [-0.2, -0.15) is 0 Å². The number of cyclic esters (lactones) is 4. The first-order valence-electron chi connectivity index (χ1n) is 14.2. The summed E-state index contributed by atoms with van der Waals surface area (Å²) in [6, 6.07) is 27.8. The standard InChI is InChI=1S/C14H16N2.C12H12N2S.C8H2F2O6/c1-9-7-11(3-5-13(9)15)12-4-6-14(16)10(2)8-12;13-9-1-5-11(6-2-9)15-12-7-3-10(14)4-8-12;9-7-1(3(11)15-5(7)13)8(10)2(7)4(12)16-6(8)14/h3-8H,15-16H2,1-2H3;1-8H,13-14H2;1-2H. The molecule has 2 aliphatic heterocycles. The summed E-state index contributed by atoms with van der Waals surface area (Å²) >= 11 is 1.69. The summed E-state index contributed by atoms with van der Waals surface area (Å²) in [5.41, 5.74) is 24.4. The van der Waals surface area contributed by atoms with E-state index in [2.05, 4.69) is 21.6 Å². The van der Waals surface area contributed by atoms with E-state index in [1.54, 1.807) is 11.8 Å². The van der Waals surface area contributed by atoms with E-state index in [-0.39, 0.29) is 0 Å². The van der Waals surface area contributed by atoms with Crippen molar-refractivity contribution < 1.29 is 37.4 Å². The Labute approximate surface area is 272 Å². The van der Waals surface area contributed by atoms with Crippen LogP contribution < -0.4 is 22.9 Å². The largest absolute Gasteiger partial charge is 0.399 e. The van der Waals surface area contributed by atoms with E-state index < -0.39 is 47.1 Å². The van der Waals surface area contributed by atoms with Gasteiger partial charge in [-0.15, -0.1) is 0 Å². The summed E-state index contributed by atoms with van der Waals surface area (Å²) in [6.07, 6.45) is 0. The number of rotatable bonds is 3. The number of halogens is 2. The number of ether oxygens (including phenoxy) is 2. The predicted octanol–water partition coefficient (Wildman–Crippen LogP) is 4.95. The summed E-state index contributed by atoms with van der Waals surface area (Å²) < 4.78 is 35.7. The van der Waals surface area contributed by atoms with Crippen LogP contribution in [0.5, 0.6) is 0 Å². The zero-order chi connectivity index (χ0) is 34.3. The van der Waals surface area contributed by atoms with Crippen LogP contribution in [0, 0.1) is 25.7 Å². The maximum Gasteiger partial charge on any atom is 0.353 e. The highest BCUT2D eigenvalue weighted by atomic mass is 32.2. The van der Waals surface area contributed by atoms with Gasteiger partial charge in [0.2, 0.25) is 11.3 Å². The van der Waals surface area contributed by atoms with Crippen molar-refractivity contribution >= 4 is 58.4 Å². The van der Waals surface area contributed by atoms with Crippen LogP contribution in [0.2, 0.25) is 0 Å². The average Bonchev–Trinajstić information content (AvgIpc) is 3.35. The topological polar surface area (TPSA) is 191 Å². The number of alkyl halides is 2. The van der Waals surface area contributed by atoms with Crippen molar-refractivity contribution in [2.24, 2.45) is 11.8 Å². The van der Waals surface area contributed by atoms with E-state index >= 15 is 0 Å². The Morgan fingerprint density at radius 2 is 0.915 bits per heavy atom. The van der Waals surface area contributed by atoms with Crippen molar-refractivity contribution in [3.8, 4) is 11.1 Å². The van der Waals surface area contributed by atoms with E-state index in [9.17, 15) is 28.0 Å². The summed E-state index contributed by atoms with van der Waals surface area (Å²) in [6.45, 7) is 4.03. The minimum Gasteiger partial charge on any atom is -0.399 e. The molecule has 47 heavy (non-hydrogen) atoms. The molecule has 0 radical (unpaired) electrons. The van der Waals surface area contributed by atoms with Crippen molar-refractivity contribution in [3.63, 3.8) is 0 Å². The van der Waals surface area contributed by atoms with Crippen molar-refractivity contribution in [1.29, 1.82) is 0 Å². The van der Waals surface area contributed by atoms with Crippen LogP contribution >= 0.6 is 11.8 Å². The fraction of sp³-hybridized carbons (Fsp3) is 0.176. The number of benzene rings is 4. The minimum atomic E-state index is -3.10. The fourth-order valence-electron chi connectivity index (χ4n) is 5.38. The second-order valence-corrected chi connectivity index (χ2v) is 12.3. The second kappa shape index (κ2) is 12.4. The van der Waals surface area contributed by atoms with Crippen LogP contribution in [0.1, 0.15) is 11.1 Å². The Balaban J connectivity index is 0.000000138. The Morgan fingerprint density at radius 3 is 1.23 bits per heavy atom. The Morgan fingerprint density at radius 1 is 0.574 bits per heavy atom. The van der Waals surface area contributed by atoms with E-state index in [0.29, 0.717) is 0 Å². The van der Waals surface area contributed by atoms with Crippen LogP contribution in [0.15, 0.2) is 94.7 Å². The molecule has 1 saturated carbocycles. The summed E-state index contributed by atoms with van der Waals surface area (Å²) in [5, 5.41) is 0. The monoisotopic (exact) mass is 660 g/mol. The molecule has 2 heterocycles. The van der Waals surface area contributed by atoms with Gasteiger partial charge >= 0.3 is 23.9 Å². The Kier molecular flexibility index (Phi) is 8.69. The predicted molar refractivity (Wildman–Crippen MR) is 173 cm³/mol. The average molecular weight is 661 g/mol. The lowest BCUT2D eigenvalue weighted by atomic mass is 9.54. The van der Waals surface area contributed by atoms with Crippen molar-refractivity contribution in [3.05, 3.63) is 96.1 Å². The first-order valence-corrected chi connectivity index (χ1v) is 15.0. The lowest BCUT2D eigenvalue weighted by Gasteiger charge is -2.43. The van der Waals surface area contributed by atoms with Crippen LogP contribution in [-0.4, -0.2) is 35.2 Å². The highest BCUT2D eigenvalue weighted by Crippen LogP contribution is 2.64. The van der Waals surface area contributed by atoms with Gasteiger partial charge in [-0.1, -0.05) is 23.9 Å². The zero-order valence-corrected chi connectivity index (χ0v) is 26.0. The molecule has 0 amide bonds. The van der Waals surface area contributed by atoms with Gasteiger partial charge in [0, 0.05) is 32.5 Å². The molecule has 13 heteroatoms. The maximum atomic E-state index is 14.0. The lowest BCUT2D eigenvalue weighted by Crippen LogP contribution is -2.72. The van der Waals surface area contributed by atoms with Crippen LogP contribution in [0.3, 0.4) is 0 Å². The molecular formula is C34H30F2N4O6S. The van der Waals surface area contributed by atoms with E-state index in [1.807, 2.05) is 86.6 Å². The molecule has 0 spiro atoms. The van der Waals surface area contributed by atoms with Gasteiger partial charge in [-0.3, -0.25) is 9.59 Å². The number of nitrogens with two attached hydrogens (primary N) is 4. The number of esters is 4. The van der Waals surface area contributed by atoms with Crippen LogP contribution in [-0.2, 0) is 28.7 Å². The molecule has 0 atom stereocenters. The van der Waals surface area contributed by atoms with Crippen LogP contribution in [0.4, 0.5) is 31.5 Å². The minimum absolute atomic E-state index is 0.789. The molecule has 8 N–H and O–H groups in total. The summed E-state index contributed by atoms with van der Waals surface area (Å²) in [4.78, 5) is 46.4. The number of hydrogen-bond acceptors (Lipinski definition) is 11. The molecule has 0 bridgehead atoms. The highest BCUT2D eigenvalue weighted by molar-refractivity contribution is 7.99. The normalized spacial score (nSPS) is 23.6. The van der Waals surface area contributed by atoms with Gasteiger partial charge in [-0.25, -0.2) is 18.4 Å². The first kappa shape index (κ1) is 32.9. The van der Waals surface area contributed by atoms with Crippen molar-refractivity contribution in [1.82, 2.24) is 0 Å². The van der Waals surface area contributed by atoms with Gasteiger partial charge in [0.05, 0.1) is 0 Å². The van der Waals surface area contributed by atoms with E-state index in [1.165, 1.54) is 20.9 Å². The van der Waals surface area contributed by atoms with E-state index in [4.69, 9.17) is 22.9 Å². The number of nitrogen functional groups attached to an aromatic ring is 4. The molecule has 2 saturated heterocycles. The molecule has 10 nitrogen and oxygen atoms in total. The second-order valence-electron chi connectivity index (χ2n) is 11.2. The quantitative estimate of drug-likeness (QED) is 0.132. The number of anilines is 4. The van der Waals surface area contributed by atoms with Crippen molar-refractivity contribution in [2.75, 3.05) is 22.9 Å². The third kappa shape index (κ3) is 5.97. The molecule has 0 unspecified atom stereocenters. The molecule has 242 valence electrons. The van der Waals surface area contributed by atoms with Gasteiger partial charge in [0.15, 0.2) is 0 Å².